The second-order valence-electron chi connectivity index (χ2n) is 7.11. The number of rotatable bonds is 7. The lowest BCUT2D eigenvalue weighted by Crippen LogP contribution is -2.38. The van der Waals surface area contributed by atoms with Gasteiger partial charge in [0.2, 0.25) is 0 Å². The summed E-state index contributed by atoms with van der Waals surface area (Å²) in [4.78, 5) is 27.8. The highest BCUT2D eigenvalue weighted by atomic mass is 31.2. The molecule has 1 aliphatic rings. The number of H-pyrrole nitrogens is 1. The summed E-state index contributed by atoms with van der Waals surface area (Å²) in [6, 6.07) is 0. The Morgan fingerprint density at radius 2 is 2.07 bits per heavy atom. The highest BCUT2D eigenvalue weighted by molar-refractivity contribution is 7.53. The molecule has 4 unspecified atom stereocenters. The van der Waals surface area contributed by atoms with Crippen molar-refractivity contribution in [2.75, 3.05) is 0 Å². The molecule has 1 aromatic heterocycles. The van der Waals surface area contributed by atoms with Crippen LogP contribution < -0.4 is 5.56 Å². The van der Waals surface area contributed by atoms with E-state index in [-0.39, 0.29) is 23.4 Å². The van der Waals surface area contributed by atoms with Crippen LogP contribution in [0.2, 0.25) is 0 Å². The molecule has 7 atom stereocenters. The monoisotopic (exact) mass is 406 g/mol. The number of hydrogen-bond donors (Lipinski definition) is 5. The van der Waals surface area contributed by atoms with Gasteiger partial charge in [0.25, 0.3) is 5.56 Å². The number of ether oxygens (including phenoxy) is 1. The lowest BCUT2D eigenvalue weighted by Gasteiger charge is -2.34. The summed E-state index contributed by atoms with van der Waals surface area (Å²) >= 11 is 0. The van der Waals surface area contributed by atoms with Gasteiger partial charge in [-0.15, -0.1) is 0 Å². The normalized spacial score (nSPS) is 31.3. The standard InChI is InChI=1S/C16H27N2O8P/c1-5-16(4,26-27(23,24)9(3)19)6-11-12(20)13(21)14(25-11)10-7-17-15(22)8(2)18-10/h7,9,11-14,19-21H,5-6H2,1-4H3,(H,17,22)(H,23,24)/t9?,11-,12?,13+,14+,16?/m1/s1. The van der Waals surface area contributed by atoms with Crippen LogP contribution in [-0.2, 0) is 13.8 Å². The van der Waals surface area contributed by atoms with Crippen molar-refractivity contribution in [3.8, 4) is 0 Å². The van der Waals surface area contributed by atoms with Crippen molar-refractivity contribution in [2.24, 2.45) is 0 Å². The maximum absolute atomic E-state index is 12.0. The highest BCUT2D eigenvalue weighted by Crippen LogP contribution is 2.52. The van der Waals surface area contributed by atoms with Gasteiger partial charge in [-0.25, -0.2) is 4.98 Å². The van der Waals surface area contributed by atoms with Crippen molar-refractivity contribution in [3.05, 3.63) is 27.9 Å². The third-order valence-corrected chi connectivity index (χ3v) is 6.48. The SMILES string of the molecule is CCC(C)(C[C@H]1O[C@@H](c2c[nH]c(=O)c(C)n2)[C@@H](O)C1O)OP(=O)(O)C(C)O. The van der Waals surface area contributed by atoms with Crippen LogP contribution in [0, 0.1) is 6.92 Å². The number of aryl methyl sites for hydroxylation is 1. The Bertz CT molecular complexity index is 769. The van der Waals surface area contributed by atoms with Crippen LogP contribution in [0.1, 0.15) is 51.1 Å². The van der Waals surface area contributed by atoms with Gasteiger partial charge < -0.3 is 34.5 Å². The Morgan fingerprint density at radius 1 is 1.44 bits per heavy atom. The fourth-order valence-corrected chi connectivity index (χ4v) is 3.88. The van der Waals surface area contributed by atoms with Crippen LogP contribution in [-0.4, -0.2) is 59.9 Å². The molecule has 0 spiro atoms. The Morgan fingerprint density at radius 3 is 2.59 bits per heavy atom. The summed E-state index contributed by atoms with van der Waals surface area (Å²) in [7, 11) is -4.28. The average molecular weight is 406 g/mol. The van der Waals surface area contributed by atoms with Crippen LogP contribution in [0.5, 0.6) is 0 Å². The lowest BCUT2D eigenvalue weighted by atomic mass is 9.92. The molecule has 10 nitrogen and oxygen atoms in total. The zero-order valence-corrected chi connectivity index (χ0v) is 16.6. The Hall–Kier alpha value is -1.13. The summed E-state index contributed by atoms with van der Waals surface area (Å²) in [5.41, 5.74) is -1.10. The van der Waals surface area contributed by atoms with Crippen molar-refractivity contribution in [1.29, 1.82) is 0 Å². The second kappa shape index (κ2) is 8.08. The van der Waals surface area contributed by atoms with E-state index in [0.717, 1.165) is 6.92 Å². The fraction of sp³-hybridized carbons (Fsp3) is 0.750. The van der Waals surface area contributed by atoms with Gasteiger partial charge >= 0.3 is 7.60 Å². The molecule has 1 aromatic rings. The molecule has 0 aromatic carbocycles. The first-order valence-corrected chi connectivity index (χ1v) is 10.3. The fourth-order valence-electron chi connectivity index (χ4n) is 2.89. The first-order valence-electron chi connectivity index (χ1n) is 8.69. The Kier molecular flexibility index (Phi) is 6.63. The van der Waals surface area contributed by atoms with E-state index in [0.29, 0.717) is 6.42 Å². The maximum atomic E-state index is 12.0. The highest BCUT2D eigenvalue weighted by Gasteiger charge is 2.48. The summed E-state index contributed by atoms with van der Waals surface area (Å²) < 4.78 is 23.1. The van der Waals surface area contributed by atoms with Gasteiger partial charge in [-0.2, -0.15) is 0 Å². The van der Waals surface area contributed by atoms with Gasteiger partial charge in [0.05, 0.1) is 17.4 Å². The molecule has 0 radical (unpaired) electrons. The predicted molar refractivity (Wildman–Crippen MR) is 95.1 cm³/mol. The number of aromatic nitrogens is 2. The van der Waals surface area contributed by atoms with Crippen LogP contribution in [0.4, 0.5) is 0 Å². The zero-order chi connectivity index (χ0) is 20.6. The average Bonchev–Trinajstić information content (AvgIpc) is 2.85. The molecule has 0 amide bonds. The Labute approximate surface area is 156 Å². The van der Waals surface area contributed by atoms with E-state index >= 15 is 0 Å². The van der Waals surface area contributed by atoms with Crippen molar-refractivity contribution in [1.82, 2.24) is 9.97 Å². The summed E-state index contributed by atoms with van der Waals surface area (Å²) in [6.45, 7) is 5.96. The number of aliphatic hydroxyl groups is 3. The predicted octanol–water partition coefficient (Wildman–Crippen LogP) is 0.339. The lowest BCUT2D eigenvalue weighted by molar-refractivity contribution is -0.0498. The van der Waals surface area contributed by atoms with E-state index in [2.05, 4.69) is 9.97 Å². The molecule has 154 valence electrons. The Balaban J connectivity index is 2.19. The largest absolute Gasteiger partial charge is 0.388 e. The molecule has 1 aliphatic heterocycles. The zero-order valence-electron chi connectivity index (χ0n) is 15.7. The minimum Gasteiger partial charge on any atom is -0.388 e. The van der Waals surface area contributed by atoms with Crippen LogP contribution in [0.25, 0.3) is 0 Å². The van der Waals surface area contributed by atoms with Gasteiger partial charge in [-0.3, -0.25) is 9.36 Å². The number of aromatic amines is 1. The third kappa shape index (κ3) is 4.83. The quantitative estimate of drug-likeness (QED) is 0.402. The molecule has 2 rings (SSSR count). The molecule has 0 bridgehead atoms. The van der Waals surface area contributed by atoms with E-state index in [1.54, 1.807) is 13.8 Å². The maximum Gasteiger partial charge on any atom is 0.356 e. The van der Waals surface area contributed by atoms with Crippen molar-refractivity contribution in [2.45, 2.75) is 76.4 Å². The molecule has 27 heavy (non-hydrogen) atoms. The van der Waals surface area contributed by atoms with E-state index < -0.39 is 43.5 Å². The van der Waals surface area contributed by atoms with Crippen LogP contribution >= 0.6 is 7.60 Å². The molecular weight excluding hydrogens is 379 g/mol. The number of nitrogens with zero attached hydrogens (tertiary/aromatic N) is 1. The van der Waals surface area contributed by atoms with Crippen molar-refractivity contribution >= 4 is 7.60 Å². The number of hydrogen-bond acceptors (Lipinski definition) is 8. The molecular formula is C16H27N2O8P. The first kappa shape index (κ1) is 22.2. The van der Waals surface area contributed by atoms with Gasteiger partial charge in [-0.1, -0.05) is 6.92 Å². The molecule has 2 heterocycles. The molecule has 1 fully saturated rings. The van der Waals surface area contributed by atoms with E-state index in [1.807, 2.05) is 0 Å². The molecule has 5 N–H and O–H groups in total. The molecule has 0 saturated carbocycles. The first-order chi connectivity index (χ1) is 12.4. The molecule has 0 aliphatic carbocycles. The summed E-state index contributed by atoms with van der Waals surface area (Å²) in [5.74, 6) is -1.57. The van der Waals surface area contributed by atoms with Crippen molar-refractivity contribution in [3.63, 3.8) is 0 Å². The second-order valence-corrected chi connectivity index (χ2v) is 9.17. The summed E-state index contributed by atoms with van der Waals surface area (Å²) in [5, 5.41) is 30.1. The molecule has 11 heteroatoms. The molecule has 1 saturated heterocycles. The number of nitrogens with one attached hydrogen (secondary N) is 1. The topological polar surface area (TPSA) is 162 Å². The van der Waals surface area contributed by atoms with Gasteiger partial charge in [0, 0.05) is 12.6 Å². The van der Waals surface area contributed by atoms with Gasteiger partial charge in [0.15, 0.2) is 5.85 Å². The van der Waals surface area contributed by atoms with Crippen LogP contribution in [0.3, 0.4) is 0 Å². The minimum absolute atomic E-state index is 0.00215. The summed E-state index contributed by atoms with van der Waals surface area (Å²) in [6.07, 6.45) is -2.86. The smallest absolute Gasteiger partial charge is 0.356 e. The van der Waals surface area contributed by atoms with Gasteiger partial charge in [0.1, 0.15) is 24.0 Å². The van der Waals surface area contributed by atoms with E-state index in [9.17, 15) is 29.6 Å². The number of aliphatic hydroxyl groups excluding tert-OH is 3. The third-order valence-electron chi connectivity index (χ3n) is 4.83. The van der Waals surface area contributed by atoms with E-state index in [4.69, 9.17) is 9.26 Å². The van der Waals surface area contributed by atoms with Crippen molar-refractivity contribution < 1.29 is 34.0 Å². The van der Waals surface area contributed by atoms with Crippen LogP contribution in [0.15, 0.2) is 11.0 Å². The van der Waals surface area contributed by atoms with Gasteiger partial charge in [-0.05, 0) is 27.2 Å². The minimum atomic E-state index is -4.28. The van der Waals surface area contributed by atoms with E-state index in [1.165, 1.54) is 13.1 Å².